The Kier molecular flexibility index (Phi) is 38.6. The Morgan fingerprint density at radius 3 is 1.56 bits per heavy atom. The van der Waals surface area contributed by atoms with Crippen LogP contribution in [0.1, 0.15) is 259 Å². The van der Waals surface area contributed by atoms with Crippen LogP contribution in [-0.2, 0) is 28.6 Å². The summed E-state index contributed by atoms with van der Waals surface area (Å²) < 4.78 is 17.2. The number of hydrogen-bond acceptors (Lipinski definition) is 7. The molecule has 1 heterocycles. The van der Waals surface area contributed by atoms with E-state index in [1.54, 1.807) is 0 Å². The average molecular weight is 863 g/mol. The summed E-state index contributed by atoms with van der Waals surface area (Å²) in [6.07, 6.45) is 39.8. The summed E-state index contributed by atoms with van der Waals surface area (Å²) in [5.74, 6) is 0.807. The summed E-state index contributed by atoms with van der Waals surface area (Å²) in [5, 5.41) is 3.18. The van der Waals surface area contributed by atoms with Crippen LogP contribution in [0.3, 0.4) is 0 Å². The molecule has 1 amide bonds. The van der Waals surface area contributed by atoms with Crippen molar-refractivity contribution in [1.29, 1.82) is 0 Å². The number of ether oxygens (including phenoxy) is 3. The largest absolute Gasteiger partial charge is 0.466 e. The molecule has 1 N–H and O–H groups in total. The summed E-state index contributed by atoms with van der Waals surface area (Å²) in [6.45, 7) is 16.6. The van der Waals surface area contributed by atoms with E-state index >= 15 is 0 Å². The van der Waals surface area contributed by atoms with Crippen LogP contribution < -0.4 is 5.32 Å². The van der Waals surface area contributed by atoms with E-state index in [0.717, 1.165) is 103 Å². The van der Waals surface area contributed by atoms with Crippen molar-refractivity contribution in [1.82, 2.24) is 10.2 Å². The second-order valence-electron chi connectivity index (χ2n) is 19.2. The second-order valence-corrected chi connectivity index (χ2v) is 19.2. The molecule has 0 aromatic heterocycles. The fraction of sp³-hybridized carbons (Fsp3) is 0.943. The molecule has 1 saturated heterocycles. The Morgan fingerprint density at radius 1 is 0.557 bits per heavy atom. The molecule has 0 spiro atoms. The van der Waals surface area contributed by atoms with Crippen molar-refractivity contribution in [3.05, 3.63) is 0 Å². The molecule has 1 rings (SSSR count). The van der Waals surface area contributed by atoms with Gasteiger partial charge in [0.05, 0.1) is 18.6 Å². The van der Waals surface area contributed by atoms with E-state index in [0.29, 0.717) is 45.1 Å². The zero-order chi connectivity index (χ0) is 44.5. The first-order valence-corrected chi connectivity index (χ1v) is 26.7. The highest BCUT2D eigenvalue weighted by Gasteiger charge is 2.37. The van der Waals surface area contributed by atoms with Crippen LogP contribution >= 0.6 is 0 Å². The maximum Gasteiger partial charge on any atom is 0.306 e. The van der Waals surface area contributed by atoms with Crippen molar-refractivity contribution < 1.29 is 28.6 Å². The van der Waals surface area contributed by atoms with Crippen molar-refractivity contribution in [3.63, 3.8) is 0 Å². The van der Waals surface area contributed by atoms with Crippen LogP contribution in [-0.4, -0.2) is 74.8 Å². The van der Waals surface area contributed by atoms with Crippen LogP contribution in [0.4, 0.5) is 0 Å². The number of unbranched alkanes of at least 4 members (excludes halogenated alkanes) is 20. The highest BCUT2D eigenvalue weighted by Crippen LogP contribution is 2.28. The van der Waals surface area contributed by atoms with Crippen molar-refractivity contribution >= 4 is 17.8 Å². The van der Waals surface area contributed by atoms with Gasteiger partial charge < -0.3 is 24.4 Å². The van der Waals surface area contributed by atoms with Gasteiger partial charge in [0.15, 0.2) is 0 Å². The maximum absolute atomic E-state index is 12.9. The van der Waals surface area contributed by atoms with Crippen molar-refractivity contribution in [2.24, 2.45) is 11.3 Å². The molecule has 360 valence electrons. The van der Waals surface area contributed by atoms with Crippen LogP contribution in [0, 0.1) is 11.3 Å². The number of hydrogen-bond donors (Lipinski definition) is 1. The molecular weight excluding hydrogens is 761 g/mol. The molecule has 1 atom stereocenters. The molecule has 1 aliphatic heterocycles. The topological polar surface area (TPSA) is 94.2 Å². The minimum atomic E-state index is -0.387. The molecule has 0 aromatic carbocycles. The lowest BCUT2D eigenvalue weighted by Gasteiger charge is -2.24. The summed E-state index contributed by atoms with van der Waals surface area (Å²) in [6, 6.07) is 0. The number of carbonyl (C=O) groups excluding carboxylic acids is 3. The first-order valence-electron chi connectivity index (χ1n) is 26.7. The average Bonchev–Trinajstić information content (AvgIpc) is 3.71. The van der Waals surface area contributed by atoms with Gasteiger partial charge in [-0.15, -0.1) is 0 Å². The third-order valence-electron chi connectivity index (χ3n) is 13.2. The fourth-order valence-electron chi connectivity index (χ4n) is 8.81. The summed E-state index contributed by atoms with van der Waals surface area (Å²) in [7, 11) is 0. The lowest BCUT2D eigenvalue weighted by Crippen LogP contribution is -2.40. The van der Waals surface area contributed by atoms with Gasteiger partial charge in [0.1, 0.15) is 6.10 Å². The minimum absolute atomic E-state index is 0.0126. The van der Waals surface area contributed by atoms with Gasteiger partial charge >= 0.3 is 11.9 Å². The van der Waals surface area contributed by atoms with Gasteiger partial charge in [0, 0.05) is 26.0 Å². The highest BCUT2D eigenvalue weighted by atomic mass is 16.5. The molecule has 0 aliphatic carbocycles. The van der Waals surface area contributed by atoms with Gasteiger partial charge in [0.2, 0.25) is 5.91 Å². The maximum atomic E-state index is 12.9. The number of carbonyl (C=O) groups is 3. The second kappa shape index (κ2) is 41.1. The summed E-state index contributed by atoms with van der Waals surface area (Å²) in [5.41, 5.74) is -0.387. The number of esters is 2. The van der Waals surface area contributed by atoms with Gasteiger partial charge in [-0.1, -0.05) is 169 Å². The van der Waals surface area contributed by atoms with E-state index in [2.05, 4.69) is 37.9 Å². The Bertz CT molecular complexity index is 993. The number of amides is 1. The van der Waals surface area contributed by atoms with Crippen LogP contribution in [0.5, 0.6) is 0 Å². The quantitative estimate of drug-likeness (QED) is 0.0481. The fourth-order valence-corrected chi connectivity index (χ4v) is 8.81. The Labute approximate surface area is 378 Å². The lowest BCUT2D eigenvalue weighted by molar-refractivity contribution is -0.150. The number of rotatable bonds is 45. The summed E-state index contributed by atoms with van der Waals surface area (Å²) >= 11 is 0. The molecule has 1 aliphatic rings. The van der Waals surface area contributed by atoms with E-state index in [9.17, 15) is 14.4 Å². The Morgan fingerprint density at radius 2 is 1.03 bits per heavy atom. The lowest BCUT2D eigenvalue weighted by atomic mass is 9.89. The zero-order valence-corrected chi connectivity index (χ0v) is 41.2. The first-order chi connectivity index (χ1) is 29.8. The molecule has 0 radical (unpaired) electrons. The third-order valence-corrected chi connectivity index (χ3v) is 13.2. The molecule has 0 bridgehead atoms. The first kappa shape index (κ1) is 57.3. The molecular formula is C53H102N2O6. The predicted molar refractivity (Wildman–Crippen MR) is 257 cm³/mol. The van der Waals surface area contributed by atoms with Crippen molar-refractivity contribution in [2.45, 2.75) is 265 Å². The van der Waals surface area contributed by atoms with Crippen molar-refractivity contribution in [2.75, 3.05) is 46.0 Å². The Hall–Kier alpha value is -1.67. The molecule has 1 unspecified atom stereocenters. The van der Waals surface area contributed by atoms with Gasteiger partial charge in [-0.3, -0.25) is 14.4 Å². The standard InChI is InChI=1S/C53H102N2O6/c1-6-10-14-16-20-26-35-49(36-27-21-17-15-11-7-2)61-51(57)38-29-23-19-25-31-43-55(44-32-41-54-52(58)53(5)40-46-59-47-53)42-30-24-18-22-28-37-50(56)60-45-39-48(33-12-8-3)34-13-9-4/h48-49H,6-47H2,1-5H3,(H,54,58). The number of nitrogens with one attached hydrogen (secondary N) is 1. The van der Waals surface area contributed by atoms with Gasteiger partial charge in [-0.05, 0) is 103 Å². The summed E-state index contributed by atoms with van der Waals surface area (Å²) in [4.78, 5) is 40.6. The van der Waals surface area contributed by atoms with E-state index in [4.69, 9.17) is 14.2 Å². The van der Waals surface area contributed by atoms with E-state index in [-0.39, 0.29) is 29.4 Å². The van der Waals surface area contributed by atoms with Crippen molar-refractivity contribution in [3.8, 4) is 0 Å². The van der Waals surface area contributed by atoms with Gasteiger partial charge in [-0.2, -0.15) is 0 Å². The van der Waals surface area contributed by atoms with E-state index in [1.807, 2.05) is 6.92 Å². The molecule has 61 heavy (non-hydrogen) atoms. The minimum Gasteiger partial charge on any atom is -0.466 e. The third kappa shape index (κ3) is 33.5. The van der Waals surface area contributed by atoms with E-state index < -0.39 is 0 Å². The monoisotopic (exact) mass is 863 g/mol. The predicted octanol–water partition coefficient (Wildman–Crippen LogP) is 14.2. The van der Waals surface area contributed by atoms with Crippen LogP contribution in [0.25, 0.3) is 0 Å². The smallest absolute Gasteiger partial charge is 0.306 e. The normalized spacial score (nSPS) is 15.3. The SMILES string of the molecule is CCCCCCCCC(CCCCCCCC)OC(=O)CCCCCCCN(CCCCCCCC(=O)OCCC(CCCC)CCCC)CCCNC(=O)C1(C)CCOC1. The molecule has 8 nitrogen and oxygen atoms in total. The van der Waals surface area contributed by atoms with Gasteiger partial charge in [0.25, 0.3) is 0 Å². The number of nitrogens with zero attached hydrogens (tertiary/aromatic N) is 1. The van der Waals surface area contributed by atoms with Gasteiger partial charge in [-0.25, -0.2) is 0 Å². The molecule has 8 heteroatoms. The van der Waals surface area contributed by atoms with E-state index in [1.165, 1.54) is 128 Å². The highest BCUT2D eigenvalue weighted by molar-refractivity contribution is 5.82. The van der Waals surface area contributed by atoms with Crippen LogP contribution in [0.15, 0.2) is 0 Å². The zero-order valence-electron chi connectivity index (χ0n) is 41.2. The Balaban J connectivity index is 2.39. The van der Waals surface area contributed by atoms with Crippen LogP contribution in [0.2, 0.25) is 0 Å². The molecule has 0 aromatic rings. The molecule has 1 fully saturated rings. The molecule has 0 saturated carbocycles.